The molecule has 4 rings (SSSR count). The van der Waals surface area contributed by atoms with Crippen molar-refractivity contribution in [3.63, 3.8) is 0 Å². The van der Waals surface area contributed by atoms with E-state index >= 15 is 0 Å². The van der Waals surface area contributed by atoms with Crippen LogP contribution in [0.2, 0.25) is 10.0 Å². The molecule has 1 aromatic heterocycles. The Morgan fingerprint density at radius 3 is 2.68 bits per heavy atom. The van der Waals surface area contributed by atoms with E-state index < -0.39 is 0 Å². The summed E-state index contributed by atoms with van der Waals surface area (Å²) < 4.78 is 5.86. The third kappa shape index (κ3) is 5.42. The van der Waals surface area contributed by atoms with E-state index in [0.29, 0.717) is 37.2 Å². The van der Waals surface area contributed by atoms with Crippen LogP contribution in [0.4, 0.5) is 5.69 Å². The lowest BCUT2D eigenvalue weighted by atomic mass is 10.1. The number of rotatable bonds is 6. The lowest BCUT2D eigenvalue weighted by Gasteiger charge is -2.01. The highest BCUT2D eigenvalue weighted by Crippen LogP contribution is 2.34. The number of thioether (sulfide) groups is 1. The third-order valence-electron chi connectivity index (χ3n) is 4.73. The number of carbonyl (C=O) groups excluding carboxylic acids is 1. The van der Waals surface area contributed by atoms with Crippen LogP contribution >= 0.6 is 35.0 Å². The van der Waals surface area contributed by atoms with E-state index in [9.17, 15) is 4.79 Å². The van der Waals surface area contributed by atoms with Gasteiger partial charge in [-0.3, -0.25) is 4.79 Å². The number of hydrogen-bond acceptors (Lipinski definition) is 4. The SMILES string of the molecule is CCCCc1ccc(N=C2NC(=O)/C(=C\c3ccc(-c4cc(Cl)ccc4Cl)o3)S2)cc1. The van der Waals surface area contributed by atoms with Gasteiger partial charge < -0.3 is 9.73 Å². The van der Waals surface area contributed by atoms with Crippen molar-refractivity contribution in [3.8, 4) is 11.3 Å². The lowest BCUT2D eigenvalue weighted by Crippen LogP contribution is -2.19. The second-order valence-electron chi connectivity index (χ2n) is 7.08. The van der Waals surface area contributed by atoms with Crippen LogP contribution in [0.1, 0.15) is 31.1 Å². The van der Waals surface area contributed by atoms with Crippen LogP contribution in [-0.4, -0.2) is 11.1 Å². The molecule has 2 aromatic carbocycles. The number of aryl methyl sites for hydroxylation is 1. The first-order chi connectivity index (χ1) is 15.0. The molecule has 1 aliphatic heterocycles. The summed E-state index contributed by atoms with van der Waals surface area (Å²) in [6.45, 7) is 2.18. The molecule has 0 saturated carbocycles. The number of aliphatic imine (C=N–C) groups is 1. The number of furan rings is 1. The van der Waals surface area contributed by atoms with E-state index in [1.807, 2.05) is 12.1 Å². The molecule has 7 heteroatoms. The van der Waals surface area contributed by atoms with Crippen molar-refractivity contribution in [3.05, 3.63) is 80.9 Å². The van der Waals surface area contributed by atoms with Crippen LogP contribution in [0.3, 0.4) is 0 Å². The first-order valence-corrected chi connectivity index (χ1v) is 11.5. The quantitative estimate of drug-likeness (QED) is 0.379. The van der Waals surface area contributed by atoms with Gasteiger partial charge in [-0.2, -0.15) is 0 Å². The third-order valence-corrected chi connectivity index (χ3v) is 6.21. The Balaban J connectivity index is 1.49. The number of benzene rings is 2. The average molecular weight is 471 g/mol. The van der Waals surface area contributed by atoms with Gasteiger partial charge in [0.15, 0.2) is 5.17 Å². The van der Waals surface area contributed by atoms with E-state index in [2.05, 4.69) is 29.4 Å². The molecule has 0 unspecified atom stereocenters. The molecular weight excluding hydrogens is 451 g/mol. The monoisotopic (exact) mass is 470 g/mol. The minimum atomic E-state index is -0.206. The lowest BCUT2D eigenvalue weighted by molar-refractivity contribution is -0.115. The Morgan fingerprint density at radius 2 is 1.90 bits per heavy atom. The summed E-state index contributed by atoms with van der Waals surface area (Å²) in [5.74, 6) is 0.923. The predicted octanol–water partition coefficient (Wildman–Crippen LogP) is 7.49. The number of halogens is 2. The fourth-order valence-electron chi connectivity index (χ4n) is 3.11. The summed E-state index contributed by atoms with van der Waals surface area (Å²) in [4.78, 5) is 17.4. The van der Waals surface area contributed by atoms with Gasteiger partial charge in [0.2, 0.25) is 0 Å². The molecule has 2 heterocycles. The number of unbranched alkanes of at least 4 members (excludes halogenated alkanes) is 1. The predicted molar refractivity (Wildman–Crippen MR) is 130 cm³/mol. The highest BCUT2D eigenvalue weighted by molar-refractivity contribution is 8.18. The Labute approximate surface area is 195 Å². The van der Waals surface area contributed by atoms with E-state index in [-0.39, 0.29) is 5.91 Å². The summed E-state index contributed by atoms with van der Waals surface area (Å²) in [5.41, 5.74) is 2.80. The zero-order chi connectivity index (χ0) is 21.8. The zero-order valence-corrected chi connectivity index (χ0v) is 19.2. The summed E-state index contributed by atoms with van der Waals surface area (Å²) >= 11 is 13.6. The van der Waals surface area contributed by atoms with E-state index in [0.717, 1.165) is 12.1 Å². The molecule has 0 aliphatic carbocycles. The van der Waals surface area contributed by atoms with Gasteiger partial charge >= 0.3 is 0 Å². The van der Waals surface area contributed by atoms with Gasteiger partial charge in [0.1, 0.15) is 11.5 Å². The summed E-state index contributed by atoms with van der Waals surface area (Å²) in [6, 6.07) is 16.9. The molecule has 0 atom stereocenters. The maximum Gasteiger partial charge on any atom is 0.264 e. The van der Waals surface area contributed by atoms with Gasteiger partial charge in [0, 0.05) is 16.7 Å². The maximum absolute atomic E-state index is 12.4. The van der Waals surface area contributed by atoms with E-state index in [1.54, 1.807) is 36.4 Å². The summed E-state index contributed by atoms with van der Waals surface area (Å²) in [6.07, 6.45) is 5.10. The Hall–Kier alpha value is -2.47. The maximum atomic E-state index is 12.4. The van der Waals surface area contributed by atoms with Gasteiger partial charge in [0.25, 0.3) is 5.91 Å². The van der Waals surface area contributed by atoms with Crippen LogP contribution in [0, 0.1) is 0 Å². The van der Waals surface area contributed by atoms with Gasteiger partial charge in [-0.05, 0) is 72.6 Å². The van der Waals surface area contributed by atoms with Crippen molar-refractivity contribution < 1.29 is 9.21 Å². The first-order valence-electron chi connectivity index (χ1n) is 9.95. The average Bonchev–Trinajstić information content (AvgIpc) is 3.36. The normalized spacial score (nSPS) is 16.3. The van der Waals surface area contributed by atoms with Crippen molar-refractivity contribution >= 4 is 57.8 Å². The number of carbonyl (C=O) groups is 1. The minimum Gasteiger partial charge on any atom is -0.457 e. The van der Waals surface area contributed by atoms with E-state index in [4.69, 9.17) is 27.6 Å². The van der Waals surface area contributed by atoms with Crippen LogP contribution in [0.5, 0.6) is 0 Å². The van der Waals surface area contributed by atoms with Crippen molar-refractivity contribution in [2.24, 2.45) is 4.99 Å². The number of hydrogen-bond donors (Lipinski definition) is 1. The van der Waals surface area contributed by atoms with Crippen LogP contribution in [-0.2, 0) is 11.2 Å². The summed E-state index contributed by atoms with van der Waals surface area (Å²) in [5, 5.41) is 4.46. The Kier molecular flexibility index (Phi) is 6.86. The number of nitrogens with zero attached hydrogens (tertiary/aromatic N) is 1. The smallest absolute Gasteiger partial charge is 0.264 e. The molecule has 1 aliphatic rings. The van der Waals surface area contributed by atoms with Gasteiger partial charge in [-0.25, -0.2) is 4.99 Å². The van der Waals surface area contributed by atoms with E-state index in [1.165, 1.54) is 30.2 Å². The number of amides is 1. The van der Waals surface area contributed by atoms with Crippen LogP contribution < -0.4 is 5.32 Å². The van der Waals surface area contributed by atoms with Gasteiger partial charge in [-0.1, -0.05) is 48.7 Å². The molecule has 31 heavy (non-hydrogen) atoms. The van der Waals surface area contributed by atoms with Crippen molar-refractivity contribution in [1.29, 1.82) is 0 Å². The highest BCUT2D eigenvalue weighted by atomic mass is 35.5. The second-order valence-corrected chi connectivity index (χ2v) is 8.95. The molecule has 3 aromatic rings. The van der Waals surface area contributed by atoms with Crippen LogP contribution in [0.15, 0.2) is 68.9 Å². The summed E-state index contributed by atoms with van der Waals surface area (Å²) in [7, 11) is 0. The largest absolute Gasteiger partial charge is 0.457 e. The standard InChI is InChI=1S/C24H20Cl2N2O2S/c1-2-3-4-15-5-8-17(9-6-15)27-24-28-23(29)22(31-24)14-18-10-12-21(30-18)19-13-16(25)7-11-20(19)26/h5-14H,2-4H2,1H3,(H,27,28,29)/b22-14+. The molecule has 0 spiro atoms. The molecule has 4 nitrogen and oxygen atoms in total. The number of nitrogens with one attached hydrogen (secondary N) is 1. The molecule has 1 fully saturated rings. The molecular formula is C24H20Cl2N2O2S. The minimum absolute atomic E-state index is 0.206. The molecule has 1 saturated heterocycles. The van der Waals surface area contributed by atoms with Gasteiger partial charge in [0.05, 0.1) is 15.6 Å². The Morgan fingerprint density at radius 1 is 1.10 bits per heavy atom. The fraction of sp³-hybridized carbons (Fsp3) is 0.167. The number of amidine groups is 1. The topological polar surface area (TPSA) is 54.6 Å². The zero-order valence-electron chi connectivity index (χ0n) is 16.8. The second kappa shape index (κ2) is 9.77. The molecule has 1 amide bonds. The molecule has 0 radical (unpaired) electrons. The van der Waals surface area contributed by atoms with Crippen molar-refractivity contribution in [2.45, 2.75) is 26.2 Å². The van der Waals surface area contributed by atoms with Crippen LogP contribution in [0.25, 0.3) is 17.4 Å². The van der Waals surface area contributed by atoms with Crippen molar-refractivity contribution in [2.75, 3.05) is 0 Å². The fourth-order valence-corrected chi connectivity index (χ4v) is 4.31. The molecule has 158 valence electrons. The van der Waals surface area contributed by atoms with Gasteiger partial charge in [-0.15, -0.1) is 0 Å². The molecule has 0 bridgehead atoms. The van der Waals surface area contributed by atoms with Crippen molar-refractivity contribution in [1.82, 2.24) is 5.32 Å². The Bertz CT molecular complexity index is 1170. The highest BCUT2D eigenvalue weighted by Gasteiger charge is 2.24. The first kappa shape index (κ1) is 21.8. The molecule has 1 N–H and O–H groups in total.